The minimum Gasteiger partial charge on any atom is -0.480 e. The Morgan fingerprint density at radius 1 is 1.38 bits per heavy atom. The monoisotopic (exact) mass is 269 g/mol. The van der Waals surface area contributed by atoms with Crippen LogP contribution in [0.25, 0.3) is 0 Å². The van der Waals surface area contributed by atoms with Gasteiger partial charge in [0.2, 0.25) is 10.0 Å². The molecule has 0 bridgehead atoms. The quantitative estimate of drug-likeness (QED) is 0.684. The molecule has 0 saturated carbocycles. The summed E-state index contributed by atoms with van der Waals surface area (Å²) < 4.78 is 24.9. The molecule has 0 unspecified atom stereocenters. The lowest BCUT2D eigenvalue weighted by Crippen LogP contribution is -2.41. The number of carbonyl (C=O) groups is 1. The first-order valence-electron chi connectivity index (χ1n) is 5.05. The van der Waals surface area contributed by atoms with Gasteiger partial charge in [0, 0.05) is 11.3 Å². The third-order valence-electron chi connectivity index (χ3n) is 2.65. The fourth-order valence-electron chi connectivity index (χ4n) is 1.32. The number of carboxylic acids is 1. The maximum absolute atomic E-state index is 11.3. The van der Waals surface area contributed by atoms with Crippen molar-refractivity contribution in [2.45, 2.75) is 31.4 Å². The second-order valence-corrected chi connectivity index (χ2v) is 6.65. The van der Waals surface area contributed by atoms with Crippen molar-refractivity contribution in [2.75, 3.05) is 18.6 Å². The van der Waals surface area contributed by atoms with Gasteiger partial charge in [-0.1, -0.05) is 13.8 Å². The van der Waals surface area contributed by atoms with E-state index in [0.29, 0.717) is 0 Å². The van der Waals surface area contributed by atoms with E-state index in [2.05, 4.69) is 4.72 Å². The first-order valence-corrected chi connectivity index (χ1v) is 7.93. The molecule has 0 aliphatic carbocycles. The van der Waals surface area contributed by atoms with Gasteiger partial charge in [-0.25, -0.2) is 13.1 Å². The van der Waals surface area contributed by atoms with E-state index in [1.807, 2.05) is 20.1 Å². The predicted octanol–water partition coefficient (Wildman–Crippen LogP) is 0.912. The van der Waals surface area contributed by atoms with Crippen LogP contribution in [0.4, 0.5) is 0 Å². The molecule has 0 spiro atoms. The van der Waals surface area contributed by atoms with Crippen molar-refractivity contribution in [3.8, 4) is 0 Å². The fraction of sp³-hybridized carbons (Fsp3) is 0.889. The highest BCUT2D eigenvalue weighted by Crippen LogP contribution is 2.29. The van der Waals surface area contributed by atoms with Crippen LogP contribution in [0.1, 0.15) is 26.7 Å². The molecule has 0 aliphatic heterocycles. The molecule has 0 amide bonds. The summed E-state index contributed by atoms with van der Waals surface area (Å²) in [6.07, 6.45) is 3.60. The van der Waals surface area contributed by atoms with Crippen molar-refractivity contribution in [1.29, 1.82) is 0 Å². The lowest BCUT2D eigenvalue weighted by Gasteiger charge is -2.29. The number of sulfonamides is 1. The second-order valence-electron chi connectivity index (χ2n) is 3.57. The van der Waals surface area contributed by atoms with Crippen LogP contribution < -0.4 is 4.72 Å². The molecule has 0 rings (SSSR count). The van der Waals surface area contributed by atoms with E-state index >= 15 is 0 Å². The molecule has 0 aliphatic rings. The van der Waals surface area contributed by atoms with Gasteiger partial charge in [-0.2, -0.15) is 11.8 Å². The van der Waals surface area contributed by atoms with Gasteiger partial charge in [0.15, 0.2) is 5.75 Å². The molecular formula is C9H19NO4S2. The first-order chi connectivity index (χ1) is 7.31. The number of hydrogen-bond donors (Lipinski definition) is 2. The molecule has 0 aromatic carbocycles. The Balaban J connectivity index is 4.47. The van der Waals surface area contributed by atoms with Crippen LogP contribution in [0, 0.1) is 0 Å². The molecule has 0 saturated heterocycles. The van der Waals surface area contributed by atoms with Crippen molar-refractivity contribution < 1.29 is 18.3 Å². The summed E-state index contributed by atoms with van der Waals surface area (Å²) in [5, 5.41) is 8.43. The Morgan fingerprint density at radius 3 is 2.19 bits per heavy atom. The summed E-state index contributed by atoms with van der Waals surface area (Å²) in [5.41, 5.74) is 0. The second kappa shape index (κ2) is 6.46. The van der Waals surface area contributed by atoms with Gasteiger partial charge in [-0.05, 0) is 19.1 Å². The zero-order valence-electron chi connectivity index (χ0n) is 9.82. The summed E-state index contributed by atoms with van der Waals surface area (Å²) in [5.74, 6) is -2.21. The van der Waals surface area contributed by atoms with E-state index < -0.39 is 21.7 Å². The lowest BCUT2D eigenvalue weighted by molar-refractivity contribution is -0.134. The maximum atomic E-state index is 11.3. The molecule has 0 fully saturated rings. The van der Waals surface area contributed by atoms with Crippen molar-refractivity contribution >= 4 is 27.8 Å². The van der Waals surface area contributed by atoms with Gasteiger partial charge in [0.05, 0.1) is 0 Å². The number of thioether (sulfide) groups is 1. The fourth-order valence-corrected chi connectivity index (χ4v) is 3.12. The number of nitrogens with one attached hydrogen (secondary N) is 1. The minimum atomic E-state index is -3.71. The molecule has 0 heterocycles. The molecule has 0 radical (unpaired) electrons. The third-order valence-corrected chi connectivity index (χ3v) is 5.45. The summed E-state index contributed by atoms with van der Waals surface area (Å²) in [7, 11) is -3.71. The summed E-state index contributed by atoms with van der Waals surface area (Å²) in [4.78, 5) is 10.3. The smallest absolute Gasteiger partial charge is 0.320 e. The topological polar surface area (TPSA) is 83.5 Å². The Labute approximate surface area is 101 Å². The normalized spacial score (nSPS) is 12.7. The standard InChI is InChI=1S/C9H19NO4S2/c1-4-9(5-2,15-3)7-10-16(13,14)6-8(11)12/h10H,4-7H2,1-3H3,(H,11,12). The average Bonchev–Trinajstić information content (AvgIpc) is 2.19. The summed E-state index contributed by atoms with van der Waals surface area (Å²) >= 11 is 1.60. The Kier molecular flexibility index (Phi) is 6.35. The highest BCUT2D eigenvalue weighted by atomic mass is 32.2. The molecule has 2 N–H and O–H groups in total. The molecule has 0 aromatic heterocycles. The van der Waals surface area contributed by atoms with Crippen LogP contribution in [0.2, 0.25) is 0 Å². The van der Waals surface area contributed by atoms with Crippen molar-refractivity contribution in [3.63, 3.8) is 0 Å². The van der Waals surface area contributed by atoms with Crippen LogP contribution in [-0.4, -0.2) is 42.8 Å². The van der Waals surface area contributed by atoms with E-state index in [-0.39, 0.29) is 11.3 Å². The molecule has 0 aromatic rings. The van der Waals surface area contributed by atoms with Crippen molar-refractivity contribution in [1.82, 2.24) is 4.72 Å². The minimum absolute atomic E-state index is 0.147. The molecule has 16 heavy (non-hydrogen) atoms. The van der Waals surface area contributed by atoms with E-state index in [9.17, 15) is 13.2 Å². The number of rotatable bonds is 8. The third kappa shape index (κ3) is 5.18. The van der Waals surface area contributed by atoms with Gasteiger partial charge < -0.3 is 5.11 Å². The van der Waals surface area contributed by atoms with Gasteiger partial charge in [0.1, 0.15) is 0 Å². The first kappa shape index (κ1) is 15.7. The summed E-state index contributed by atoms with van der Waals surface area (Å²) in [6, 6.07) is 0. The molecule has 7 heteroatoms. The van der Waals surface area contributed by atoms with Gasteiger partial charge in [0.25, 0.3) is 0 Å². The Hall–Kier alpha value is -0.270. The van der Waals surface area contributed by atoms with Gasteiger partial charge >= 0.3 is 5.97 Å². The van der Waals surface area contributed by atoms with Crippen molar-refractivity contribution in [3.05, 3.63) is 0 Å². The van der Waals surface area contributed by atoms with Gasteiger partial charge in [-0.15, -0.1) is 0 Å². The number of carboxylic acid groups (broad SMARTS) is 1. The van der Waals surface area contributed by atoms with E-state index in [1.165, 1.54) is 0 Å². The maximum Gasteiger partial charge on any atom is 0.320 e. The van der Waals surface area contributed by atoms with Crippen molar-refractivity contribution in [2.24, 2.45) is 0 Å². The zero-order chi connectivity index (χ0) is 12.8. The largest absolute Gasteiger partial charge is 0.480 e. The van der Waals surface area contributed by atoms with E-state index in [0.717, 1.165) is 12.8 Å². The van der Waals surface area contributed by atoms with Crippen LogP contribution in [0.15, 0.2) is 0 Å². The Bertz CT molecular complexity index is 314. The highest BCUT2D eigenvalue weighted by molar-refractivity contribution is 8.00. The predicted molar refractivity (Wildman–Crippen MR) is 66.3 cm³/mol. The zero-order valence-corrected chi connectivity index (χ0v) is 11.4. The number of aliphatic carboxylic acids is 1. The average molecular weight is 269 g/mol. The molecule has 5 nitrogen and oxygen atoms in total. The van der Waals surface area contributed by atoms with Crippen LogP contribution in [-0.2, 0) is 14.8 Å². The molecule has 0 atom stereocenters. The van der Waals surface area contributed by atoms with E-state index in [4.69, 9.17) is 5.11 Å². The van der Waals surface area contributed by atoms with Crippen LogP contribution in [0.5, 0.6) is 0 Å². The number of hydrogen-bond acceptors (Lipinski definition) is 4. The SMILES string of the molecule is CCC(CC)(CNS(=O)(=O)CC(=O)O)SC. The Morgan fingerprint density at radius 2 is 1.88 bits per heavy atom. The van der Waals surface area contributed by atoms with E-state index in [1.54, 1.807) is 11.8 Å². The molecule has 96 valence electrons. The lowest BCUT2D eigenvalue weighted by atomic mass is 10.0. The van der Waals surface area contributed by atoms with Crippen LogP contribution in [0.3, 0.4) is 0 Å². The van der Waals surface area contributed by atoms with Gasteiger partial charge in [-0.3, -0.25) is 4.79 Å². The highest BCUT2D eigenvalue weighted by Gasteiger charge is 2.27. The van der Waals surface area contributed by atoms with Crippen LogP contribution >= 0.6 is 11.8 Å². The molecular weight excluding hydrogens is 250 g/mol. The summed E-state index contributed by atoms with van der Waals surface area (Å²) in [6.45, 7) is 4.26.